The predicted molar refractivity (Wildman–Crippen MR) is 135 cm³/mol. The number of hydrogen-bond donors (Lipinski definition) is 3. The highest BCUT2D eigenvalue weighted by atomic mass is 32.2. The van der Waals surface area contributed by atoms with Gasteiger partial charge in [0, 0.05) is 54.1 Å². The van der Waals surface area contributed by atoms with E-state index in [4.69, 9.17) is 0 Å². The van der Waals surface area contributed by atoms with Crippen LogP contribution in [-0.2, 0) is 16.6 Å². The van der Waals surface area contributed by atoms with Gasteiger partial charge in [0.25, 0.3) is 0 Å². The van der Waals surface area contributed by atoms with Gasteiger partial charge in [0.1, 0.15) is 17.2 Å². The molecule has 0 saturated carbocycles. The monoisotopic (exact) mass is 494 g/mol. The first kappa shape index (κ1) is 23.3. The summed E-state index contributed by atoms with van der Waals surface area (Å²) in [6.45, 7) is 1.47. The molecule has 3 N–H and O–H groups in total. The lowest BCUT2D eigenvalue weighted by molar-refractivity contribution is 0.319. The molecule has 35 heavy (non-hydrogen) atoms. The summed E-state index contributed by atoms with van der Waals surface area (Å²) in [4.78, 5) is 7.82. The van der Waals surface area contributed by atoms with E-state index in [0.717, 1.165) is 40.7 Å². The smallest absolute Gasteiger partial charge is 0.211 e. The number of halogens is 1. The van der Waals surface area contributed by atoms with Crippen LogP contribution in [0, 0.1) is 5.82 Å². The molecule has 0 amide bonds. The minimum Gasteiger partial charge on any atom is -0.508 e. The van der Waals surface area contributed by atoms with E-state index in [-0.39, 0.29) is 17.5 Å². The number of benzene rings is 2. The number of nitrogens with zero attached hydrogens (tertiary/aromatic N) is 2. The van der Waals surface area contributed by atoms with Crippen molar-refractivity contribution in [2.24, 2.45) is 0 Å². The highest BCUT2D eigenvalue weighted by Crippen LogP contribution is 2.35. The maximum atomic E-state index is 15.0. The van der Waals surface area contributed by atoms with Gasteiger partial charge in [-0.15, -0.1) is 0 Å². The van der Waals surface area contributed by atoms with E-state index in [1.807, 2.05) is 18.2 Å². The predicted octanol–water partition coefficient (Wildman–Crippen LogP) is 4.83. The summed E-state index contributed by atoms with van der Waals surface area (Å²) < 4.78 is 40.1. The van der Waals surface area contributed by atoms with Crippen molar-refractivity contribution in [1.82, 2.24) is 14.3 Å². The average molecular weight is 495 g/mol. The maximum Gasteiger partial charge on any atom is 0.211 e. The molecule has 0 spiro atoms. The van der Waals surface area contributed by atoms with Crippen LogP contribution < -0.4 is 5.32 Å². The summed E-state index contributed by atoms with van der Waals surface area (Å²) in [5.41, 5.74) is 4.56. The zero-order valence-corrected chi connectivity index (χ0v) is 20.1. The van der Waals surface area contributed by atoms with Gasteiger partial charge in [-0.3, -0.25) is 0 Å². The molecule has 7 nitrogen and oxygen atoms in total. The number of nitrogens with one attached hydrogen (secondary N) is 2. The number of H-pyrrole nitrogens is 1. The Hall–Kier alpha value is -3.43. The Bertz CT molecular complexity index is 1480. The number of anilines is 1. The molecule has 2 aromatic carbocycles. The standard InChI is InChI=1S/C26H27FN4O3S/c1-35(33,34)31-11-8-18(9-12-31)25-15-23-21(7-10-28-26(23)30-25)22-14-19(5-6-24(22)27)29-16-17-3-2-4-20(32)13-17/h2-7,10,13-15,18,29,32H,8-9,11-12,16H2,1H3,(H,28,30). The van der Waals surface area contributed by atoms with Gasteiger partial charge >= 0.3 is 0 Å². The summed E-state index contributed by atoms with van der Waals surface area (Å²) >= 11 is 0. The van der Waals surface area contributed by atoms with Gasteiger partial charge in [-0.25, -0.2) is 22.1 Å². The largest absolute Gasteiger partial charge is 0.508 e. The number of piperidine rings is 1. The fourth-order valence-electron chi connectivity index (χ4n) is 4.71. The zero-order chi connectivity index (χ0) is 24.6. The maximum absolute atomic E-state index is 15.0. The second-order valence-corrected chi connectivity index (χ2v) is 11.0. The fraction of sp³-hybridized carbons (Fsp3) is 0.269. The van der Waals surface area contributed by atoms with Crippen LogP contribution in [0.3, 0.4) is 0 Å². The third-order valence-corrected chi connectivity index (χ3v) is 7.88. The van der Waals surface area contributed by atoms with Crippen molar-refractivity contribution >= 4 is 26.7 Å². The number of aromatic nitrogens is 2. The Labute approximate surface area is 203 Å². The number of phenols is 1. The Balaban J connectivity index is 1.41. The van der Waals surface area contributed by atoms with E-state index >= 15 is 0 Å². The number of phenolic OH excluding ortho intramolecular Hbond substituents is 1. The molecule has 4 aromatic rings. The first-order valence-corrected chi connectivity index (χ1v) is 13.4. The zero-order valence-electron chi connectivity index (χ0n) is 19.3. The summed E-state index contributed by atoms with van der Waals surface area (Å²) in [6, 6.07) is 15.7. The molecule has 1 fully saturated rings. The number of pyridine rings is 1. The van der Waals surface area contributed by atoms with Crippen LogP contribution in [-0.4, -0.2) is 47.1 Å². The van der Waals surface area contributed by atoms with Gasteiger partial charge in [0.2, 0.25) is 10.0 Å². The van der Waals surface area contributed by atoms with Crippen LogP contribution in [0.15, 0.2) is 60.8 Å². The van der Waals surface area contributed by atoms with Crippen LogP contribution in [0.1, 0.15) is 30.0 Å². The van der Waals surface area contributed by atoms with E-state index < -0.39 is 10.0 Å². The minimum atomic E-state index is -3.18. The molecule has 9 heteroatoms. The first-order valence-electron chi connectivity index (χ1n) is 11.5. The van der Waals surface area contributed by atoms with Crippen molar-refractivity contribution in [2.45, 2.75) is 25.3 Å². The van der Waals surface area contributed by atoms with Crippen molar-refractivity contribution in [1.29, 1.82) is 0 Å². The van der Waals surface area contributed by atoms with Gasteiger partial charge in [-0.05, 0) is 66.4 Å². The molecule has 0 radical (unpaired) electrons. The molecule has 3 heterocycles. The van der Waals surface area contributed by atoms with Crippen LogP contribution in [0.25, 0.3) is 22.2 Å². The fourth-order valence-corrected chi connectivity index (χ4v) is 5.59. The Morgan fingerprint density at radius 3 is 2.66 bits per heavy atom. The van der Waals surface area contributed by atoms with E-state index in [2.05, 4.69) is 15.3 Å². The molecule has 1 aliphatic rings. The van der Waals surface area contributed by atoms with E-state index in [1.165, 1.54) is 16.6 Å². The third kappa shape index (κ3) is 5.01. The van der Waals surface area contributed by atoms with Crippen molar-refractivity contribution < 1.29 is 17.9 Å². The van der Waals surface area contributed by atoms with Crippen molar-refractivity contribution in [3.05, 3.63) is 77.9 Å². The second-order valence-electron chi connectivity index (χ2n) is 9.00. The van der Waals surface area contributed by atoms with Gasteiger partial charge in [0.15, 0.2) is 0 Å². The SMILES string of the molecule is CS(=O)(=O)N1CCC(c2cc3c(-c4cc(NCc5cccc(O)c5)ccc4F)ccnc3[nH]2)CC1. The molecule has 0 aliphatic carbocycles. The first-order chi connectivity index (χ1) is 16.8. The van der Waals surface area contributed by atoms with Gasteiger partial charge in [-0.1, -0.05) is 12.1 Å². The molecule has 0 bridgehead atoms. The second kappa shape index (κ2) is 9.31. The molecule has 1 aliphatic heterocycles. The Kier molecular flexibility index (Phi) is 6.21. The van der Waals surface area contributed by atoms with Crippen molar-refractivity contribution in [2.75, 3.05) is 24.7 Å². The molecule has 0 atom stereocenters. The normalized spacial score (nSPS) is 15.5. The Morgan fingerprint density at radius 1 is 1.11 bits per heavy atom. The molecule has 5 rings (SSSR count). The highest BCUT2D eigenvalue weighted by Gasteiger charge is 2.27. The molecule has 2 aromatic heterocycles. The van der Waals surface area contributed by atoms with Crippen LogP contribution in [0.5, 0.6) is 5.75 Å². The molecule has 0 unspecified atom stereocenters. The number of sulfonamides is 1. The summed E-state index contributed by atoms with van der Waals surface area (Å²) in [5, 5.41) is 13.8. The Morgan fingerprint density at radius 2 is 1.91 bits per heavy atom. The lowest BCUT2D eigenvalue weighted by atomic mass is 9.94. The van der Waals surface area contributed by atoms with E-state index in [1.54, 1.807) is 36.5 Å². The molecule has 1 saturated heterocycles. The minimum absolute atomic E-state index is 0.190. The van der Waals surface area contributed by atoms with Crippen molar-refractivity contribution in [3.8, 4) is 16.9 Å². The highest BCUT2D eigenvalue weighted by molar-refractivity contribution is 7.88. The molecular formula is C26H27FN4O3S. The number of hydrogen-bond acceptors (Lipinski definition) is 5. The van der Waals surface area contributed by atoms with Crippen LogP contribution in [0.4, 0.5) is 10.1 Å². The average Bonchev–Trinajstić information content (AvgIpc) is 3.28. The lowest BCUT2D eigenvalue weighted by Crippen LogP contribution is -2.37. The van der Waals surface area contributed by atoms with Gasteiger partial charge in [0.05, 0.1) is 6.26 Å². The quantitative estimate of drug-likeness (QED) is 0.357. The molecule has 182 valence electrons. The van der Waals surface area contributed by atoms with Gasteiger partial charge in [-0.2, -0.15) is 0 Å². The lowest BCUT2D eigenvalue weighted by Gasteiger charge is -2.29. The summed E-state index contributed by atoms with van der Waals surface area (Å²) in [5.74, 6) is 0.0633. The van der Waals surface area contributed by atoms with Gasteiger partial charge < -0.3 is 15.4 Å². The summed E-state index contributed by atoms with van der Waals surface area (Å²) in [7, 11) is -3.18. The summed E-state index contributed by atoms with van der Waals surface area (Å²) in [6.07, 6.45) is 4.35. The number of aromatic amines is 1. The number of aromatic hydroxyl groups is 1. The molecular weight excluding hydrogens is 467 g/mol. The topological polar surface area (TPSA) is 98.3 Å². The van der Waals surface area contributed by atoms with Crippen molar-refractivity contribution in [3.63, 3.8) is 0 Å². The van der Waals surface area contributed by atoms with E-state index in [9.17, 15) is 17.9 Å². The number of fused-ring (bicyclic) bond motifs is 1. The van der Waals surface area contributed by atoms with Crippen LogP contribution in [0.2, 0.25) is 0 Å². The number of rotatable bonds is 6. The third-order valence-electron chi connectivity index (χ3n) is 6.58. The van der Waals surface area contributed by atoms with E-state index in [0.29, 0.717) is 30.8 Å². The van der Waals surface area contributed by atoms with Crippen LogP contribution >= 0.6 is 0 Å².